The van der Waals surface area contributed by atoms with E-state index in [1.54, 1.807) is 0 Å². The van der Waals surface area contributed by atoms with E-state index in [4.69, 9.17) is 4.74 Å². The van der Waals surface area contributed by atoms with Crippen LogP contribution in [0.25, 0.3) is 0 Å². The number of hydrogen-bond acceptors (Lipinski definition) is 2. The minimum absolute atomic E-state index is 0.300. The molecular formula is C11H24O2. The minimum Gasteiger partial charge on any atom is -0.390 e. The van der Waals surface area contributed by atoms with Crippen molar-refractivity contribution in [3.8, 4) is 0 Å². The van der Waals surface area contributed by atoms with Gasteiger partial charge in [0.2, 0.25) is 0 Å². The monoisotopic (exact) mass is 188 g/mol. The van der Waals surface area contributed by atoms with Crippen molar-refractivity contribution >= 4 is 0 Å². The molecule has 0 spiro atoms. The molecule has 80 valence electrons. The van der Waals surface area contributed by atoms with E-state index in [0.717, 1.165) is 13.0 Å². The molecule has 0 saturated heterocycles. The lowest BCUT2D eigenvalue weighted by molar-refractivity contribution is 0.0120. The van der Waals surface area contributed by atoms with E-state index in [-0.39, 0.29) is 6.10 Å². The first-order valence-corrected chi connectivity index (χ1v) is 5.44. The molecule has 0 aromatic heterocycles. The van der Waals surface area contributed by atoms with E-state index in [1.165, 1.54) is 19.3 Å². The zero-order valence-corrected chi connectivity index (χ0v) is 9.25. The second kappa shape index (κ2) is 8.52. The molecule has 2 heteroatoms. The molecule has 0 fully saturated rings. The van der Waals surface area contributed by atoms with Gasteiger partial charge in [-0.2, -0.15) is 0 Å². The minimum atomic E-state index is -0.300. The van der Waals surface area contributed by atoms with Gasteiger partial charge in [-0.1, -0.05) is 40.0 Å². The molecule has 0 bridgehead atoms. The Labute approximate surface area is 82.3 Å². The summed E-state index contributed by atoms with van der Waals surface area (Å²) in [4.78, 5) is 0. The maximum atomic E-state index is 9.40. The van der Waals surface area contributed by atoms with Gasteiger partial charge in [0.05, 0.1) is 12.7 Å². The molecule has 1 atom stereocenters. The summed E-state index contributed by atoms with van der Waals surface area (Å²) in [6.45, 7) is 7.49. The number of unbranched alkanes of at least 4 members (excludes halogenated alkanes) is 3. The lowest BCUT2D eigenvalue weighted by Crippen LogP contribution is -2.21. The Hall–Kier alpha value is -0.0800. The molecule has 0 saturated carbocycles. The molecule has 0 aliphatic carbocycles. The number of rotatable bonds is 8. The molecule has 1 N–H and O–H groups in total. The van der Waals surface area contributed by atoms with Crippen LogP contribution in [0, 0.1) is 5.92 Å². The fraction of sp³-hybridized carbons (Fsp3) is 1.00. The highest BCUT2D eigenvalue weighted by molar-refractivity contribution is 4.57. The van der Waals surface area contributed by atoms with Crippen LogP contribution in [0.1, 0.15) is 46.5 Å². The van der Waals surface area contributed by atoms with E-state index in [1.807, 2.05) is 13.8 Å². The van der Waals surface area contributed by atoms with Crippen molar-refractivity contribution in [1.82, 2.24) is 0 Å². The fourth-order valence-electron chi connectivity index (χ4n) is 1.03. The van der Waals surface area contributed by atoms with Gasteiger partial charge < -0.3 is 9.84 Å². The Morgan fingerprint density at radius 3 is 2.38 bits per heavy atom. The number of ether oxygens (including phenoxy) is 1. The van der Waals surface area contributed by atoms with E-state index in [2.05, 4.69) is 6.92 Å². The molecule has 1 unspecified atom stereocenters. The predicted molar refractivity (Wildman–Crippen MR) is 55.8 cm³/mol. The molecule has 2 nitrogen and oxygen atoms in total. The van der Waals surface area contributed by atoms with E-state index < -0.39 is 0 Å². The number of aliphatic hydroxyl groups is 1. The van der Waals surface area contributed by atoms with Crippen molar-refractivity contribution in [2.24, 2.45) is 5.92 Å². The molecule has 0 amide bonds. The first kappa shape index (κ1) is 12.9. The summed E-state index contributed by atoms with van der Waals surface area (Å²) in [7, 11) is 0. The molecular weight excluding hydrogens is 164 g/mol. The van der Waals surface area contributed by atoms with Crippen LogP contribution in [-0.4, -0.2) is 24.4 Å². The first-order valence-electron chi connectivity index (χ1n) is 5.44. The van der Waals surface area contributed by atoms with Gasteiger partial charge in [-0.15, -0.1) is 0 Å². The van der Waals surface area contributed by atoms with Crippen LogP contribution in [0.4, 0.5) is 0 Å². The third-order valence-corrected chi connectivity index (χ3v) is 2.20. The highest BCUT2D eigenvalue weighted by Crippen LogP contribution is 2.03. The summed E-state index contributed by atoms with van der Waals surface area (Å²) in [5.74, 6) is 0.302. The van der Waals surface area contributed by atoms with Gasteiger partial charge in [-0.3, -0.25) is 0 Å². The van der Waals surface area contributed by atoms with Gasteiger partial charge >= 0.3 is 0 Å². The van der Waals surface area contributed by atoms with Gasteiger partial charge in [-0.05, 0) is 12.3 Å². The van der Waals surface area contributed by atoms with E-state index in [9.17, 15) is 5.11 Å². The highest BCUT2D eigenvalue weighted by Gasteiger charge is 2.07. The summed E-state index contributed by atoms with van der Waals surface area (Å²) in [6, 6.07) is 0. The number of hydrogen-bond donors (Lipinski definition) is 1. The van der Waals surface area contributed by atoms with E-state index in [0.29, 0.717) is 12.5 Å². The van der Waals surface area contributed by atoms with Crippen LogP contribution in [-0.2, 0) is 4.74 Å². The van der Waals surface area contributed by atoms with Crippen LogP contribution >= 0.6 is 0 Å². The van der Waals surface area contributed by atoms with Crippen LogP contribution in [0.2, 0.25) is 0 Å². The van der Waals surface area contributed by atoms with Gasteiger partial charge in [-0.25, -0.2) is 0 Å². The van der Waals surface area contributed by atoms with Crippen molar-refractivity contribution in [2.45, 2.75) is 52.6 Å². The van der Waals surface area contributed by atoms with Crippen molar-refractivity contribution in [1.29, 1.82) is 0 Å². The Bertz CT molecular complexity index is 102. The summed E-state index contributed by atoms with van der Waals surface area (Å²) in [5, 5.41) is 9.40. The Kier molecular flexibility index (Phi) is 8.46. The van der Waals surface area contributed by atoms with Crippen LogP contribution in [0.3, 0.4) is 0 Å². The van der Waals surface area contributed by atoms with Crippen molar-refractivity contribution in [3.05, 3.63) is 0 Å². The van der Waals surface area contributed by atoms with Gasteiger partial charge in [0.1, 0.15) is 0 Å². The third kappa shape index (κ3) is 8.26. The standard InChI is InChI=1S/C11H24O2/c1-4-5-6-7-8-13-9-11(12)10(2)3/h10-12H,4-9H2,1-3H3. The Morgan fingerprint density at radius 2 is 1.85 bits per heavy atom. The summed E-state index contributed by atoms with van der Waals surface area (Å²) < 4.78 is 5.35. The van der Waals surface area contributed by atoms with Crippen molar-refractivity contribution in [2.75, 3.05) is 13.2 Å². The summed E-state index contributed by atoms with van der Waals surface area (Å²) in [6.07, 6.45) is 4.61. The van der Waals surface area contributed by atoms with Gasteiger partial charge in [0.25, 0.3) is 0 Å². The second-order valence-electron chi connectivity index (χ2n) is 3.95. The second-order valence-corrected chi connectivity index (χ2v) is 3.95. The topological polar surface area (TPSA) is 29.5 Å². The quantitative estimate of drug-likeness (QED) is 0.593. The third-order valence-electron chi connectivity index (χ3n) is 2.20. The molecule has 0 aliphatic rings. The Morgan fingerprint density at radius 1 is 1.15 bits per heavy atom. The Balaban J connectivity index is 3.07. The lowest BCUT2D eigenvalue weighted by atomic mass is 10.1. The first-order chi connectivity index (χ1) is 6.18. The largest absolute Gasteiger partial charge is 0.390 e. The summed E-state index contributed by atoms with van der Waals surface area (Å²) in [5.41, 5.74) is 0. The fourth-order valence-corrected chi connectivity index (χ4v) is 1.03. The van der Waals surface area contributed by atoms with Crippen molar-refractivity contribution in [3.63, 3.8) is 0 Å². The summed E-state index contributed by atoms with van der Waals surface area (Å²) >= 11 is 0. The molecule has 0 aromatic carbocycles. The molecule has 0 heterocycles. The van der Waals surface area contributed by atoms with Crippen LogP contribution in [0.15, 0.2) is 0 Å². The highest BCUT2D eigenvalue weighted by atomic mass is 16.5. The van der Waals surface area contributed by atoms with Crippen LogP contribution in [0.5, 0.6) is 0 Å². The smallest absolute Gasteiger partial charge is 0.0796 e. The number of aliphatic hydroxyl groups excluding tert-OH is 1. The average Bonchev–Trinajstić information content (AvgIpc) is 2.10. The normalized spacial score (nSPS) is 13.6. The molecule has 0 radical (unpaired) electrons. The SMILES string of the molecule is CCCCCCOCC(O)C(C)C. The van der Waals surface area contributed by atoms with Crippen molar-refractivity contribution < 1.29 is 9.84 Å². The maximum Gasteiger partial charge on any atom is 0.0796 e. The van der Waals surface area contributed by atoms with Crippen LogP contribution < -0.4 is 0 Å². The van der Waals surface area contributed by atoms with E-state index >= 15 is 0 Å². The molecule has 13 heavy (non-hydrogen) atoms. The molecule has 0 rings (SSSR count). The zero-order valence-electron chi connectivity index (χ0n) is 9.25. The maximum absolute atomic E-state index is 9.40. The van der Waals surface area contributed by atoms with Gasteiger partial charge in [0.15, 0.2) is 0 Å². The average molecular weight is 188 g/mol. The zero-order chi connectivity index (χ0) is 10.1. The van der Waals surface area contributed by atoms with Gasteiger partial charge in [0, 0.05) is 6.61 Å². The lowest BCUT2D eigenvalue weighted by Gasteiger charge is -2.14. The molecule has 0 aromatic rings. The predicted octanol–water partition coefficient (Wildman–Crippen LogP) is 2.60. The molecule has 0 aliphatic heterocycles.